The molecule has 2 bridgehead atoms. The van der Waals surface area contributed by atoms with E-state index in [-0.39, 0.29) is 12.1 Å². The van der Waals surface area contributed by atoms with E-state index in [1.54, 1.807) is 6.92 Å². The highest BCUT2D eigenvalue weighted by atomic mass is 16.7. The van der Waals surface area contributed by atoms with Gasteiger partial charge in [-0.05, 0) is 30.9 Å². The number of aliphatic imine (C=N–C) groups is 1. The minimum absolute atomic E-state index is 0.0128. The van der Waals surface area contributed by atoms with Crippen LogP contribution < -0.4 is 17.2 Å². The Labute approximate surface area is 254 Å². The van der Waals surface area contributed by atoms with Crippen LogP contribution in [0.3, 0.4) is 0 Å². The number of nitrogens with two attached hydrogens (primary N) is 3. The van der Waals surface area contributed by atoms with Gasteiger partial charge in [0.05, 0.1) is 25.2 Å². The van der Waals surface area contributed by atoms with Crippen molar-refractivity contribution < 1.29 is 28.3 Å². The number of guanidine groups is 1. The molecular formula is C33H46N5O5+. The van der Waals surface area contributed by atoms with Crippen molar-refractivity contribution >= 4 is 17.9 Å². The number of carbonyl (C=O) groups excluding carboxylic acids is 2. The monoisotopic (exact) mass is 592 g/mol. The zero-order valence-electron chi connectivity index (χ0n) is 25.1. The largest absolute Gasteiger partial charge is 0.459 e. The predicted molar refractivity (Wildman–Crippen MR) is 163 cm³/mol. The van der Waals surface area contributed by atoms with E-state index in [1.165, 1.54) is 43.3 Å². The van der Waals surface area contributed by atoms with Crippen molar-refractivity contribution in [3.63, 3.8) is 0 Å². The fourth-order valence-electron chi connectivity index (χ4n) is 7.63. The van der Waals surface area contributed by atoms with Gasteiger partial charge in [0, 0.05) is 45.1 Å². The number of ether oxygens (including phenoxy) is 3. The van der Waals surface area contributed by atoms with E-state index in [9.17, 15) is 9.59 Å². The molecule has 0 aliphatic carbocycles. The van der Waals surface area contributed by atoms with Crippen LogP contribution in [0.25, 0.3) is 0 Å². The van der Waals surface area contributed by atoms with Gasteiger partial charge in [0.15, 0.2) is 5.96 Å². The summed E-state index contributed by atoms with van der Waals surface area (Å²) in [6.07, 6.45) is 6.22. The smallest absolute Gasteiger partial charge is 0.348 e. The van der Waals surface area contributed by atoms with Crippen LogP contribution in [0.5, 0.6) is 0 Å². The Morgan fingerprint density at radius 3 is 2.05 bits per heavy atom. The molecule has 6 N–H and O–H groups in total. The van der Waals surface area contributed by atoms with Gasteiger partial charge < -0.3 is 35.9 Å². The van der Waals surface area contributed by atoms with Gasteiger partial charge in [0.25, 0.3) is 0 Å². The summed E-state index contributed by atoms with van der Waals surface area (Å²) in [7, 11) is 0. The molecule has 2 aromatic carbocycles. The molecule has 1 spiro atoms. The molecule has 0 saturated carbocycles. The standard InChI is InChI=1S/C33H46N5O5/c1-23(41-30(39)29(34)15-10-18-37-32(35)36)43-33(24-11-4-2-5-12-24,25-13-6-3-7-14-25)31(40)42-28-21-26-16-17-27(22-28)38(26)19-8-9-20-38/h2-7,11-14,23,26-29H,8-10,15-22,34H2,1H3,(H4,35,36,37)/q+1/t23-,26?,27?,28?,29+/m1/s1. The molecule has 0 amide bonds. The highest BCUT2D eigenvalue weighted by molar-refractivity contribution is 5.86. The van der Waals surface area contributed by atoms with Crippen LogP contribution >= 0.6 is 0 Å². The minimum atomic E-state index is -1.66. The van der Waals surface area contributed by atoms with E-state index in [4.69, 9.17) is 31.4 Å². The first-order chi connectivity index (χ1) is 20.7. The van der Waals surface area contributed by atoms with Gasteiger partial charge in [0.2, 0.25) is 11.9 Å². The van der Waals surface area contributed by atoms with Crippen molar-refractivity contribution in [1.29, 1.82) is 0 Å². The third kappa shape index (κ3) is 6.56. The van der Waals surface area contributed by atoms with Crippen LogP contribution in [-0.2, 0) is 29.4 Å². The molecular weight excluding hydrogens is 546 g/mol. The molecule has 3 heterocycles. The first kappa shape index (κ1) is 31.0. The van der Waals surface area contributed by atoms with Crippen LogP contribution in [0.15, 0.2) is 65.7 Å². The molecule has 4 atom stereocenters. The van der Waals surface area contributed by atoms with Crippen LogP contribution in [0, 0.1) is 0 Å². The van der Waals surface area contributed by atoms with Crippen molar-refractivity contribution in [2.45, 2.75) is 94.4 Å². The summed E-state index contributed by atoms with van der Waals surface area (Å²) in [4.78, 5) is 31.3. The SMILES string of the molecule is C[C@H](OC(=O)[C@@H](N)CCCN=C(N)N)OC(C(=O)OC1CC2CCC(C1)[N+]21CCCC1)(c1ccccc1)c1ccccc1. The number of hydrogen-bond acceptors (Lipinski definition) is 7. The summed E-state index contributed by atoms with van der Waals surface area (Å²) in [5.41, 5.74) is 16.4. The lowest BCUT2D eigenvalue weighted by Crippen LogP contribution is -2.60. The maximum Gasteiger partial charge on any atom is 0.348 e. The molecule has 3 aliphatic rings. The molecule has 3 saturated heterocycles. The number of quaternary nitrogens is 1. The molecule has 3 aliphatic heterocycles. The average Bonchev–Trinajstić information content (AvgIpc) is 3.55. The molecule has 10 nitrogen and oxygen atoms in total. The summed E-state index contributed by atoms with van der Waals surface area (Å²) in [5, 5.41) is 0. The molecule has 43 heavy (non-hydrogen) atoms. The van der Waals surface area contributed by atoms with Gasteiger partial charge in [-0.15, -0.1) is 0 Å². The van der Waals surface area contributed by atoms with Crippen molar-refractivity contribution in [2.24, 2.45) is 22.2 Å². The molecule has 3 fully saturated rings. The number of piperidine rings is 1. The van der Waals surface area contributed by atoms with Crippen LogP contribution in [-0.4, -0.2) is 72.5 Å². The third-order valence-corrected chi connectivity index (χ3v) is 9.57. The zero-order valence-corrected chi connectivity index (χ0v) is 25.1. The summed E-state index contributed by atoms with van der Waals surface area (Å²) in [6.45, 7) is 4.45. The number of carbonyl (C=O) groups is 2. The van der Waals surface area contributed by atoms with E-state index < -0.39 is 29.9 Å². The first-order valence-electron chi connectivity index (χ1n) is 15.6. The Balaban J connectivity index is 1.37. The quantitative estimate of drug-likeness (QED) is 0.0849. The molecule has 0 radical (unpaired) electrons. The van der Waals surface area contributed by atoms with E-state index in [1.807, 2.05) is 60.7 Å². The minimum Gasteiger partial charge on any atom is -0.459 e. The van der Waals surface area contributed by atoms with Crippen molar-refractivity contribution in [3.8, 4) is 0 Å². The maximum absolute atomic E-state index is 14.5. The number of nitrogens with zero attached hydrogens (tertiary/aromatic N) is 2. The van der Waals surface area contributed by atoms with Crippen molar-refractivity contribution in [1.82, 2.24) is 0 Å². The second kappa shape index (κ2) is 13.4. The maximum atomic E-state index is 14.5. The molecule has 2 aromatic rings. The van der Waals surface area contributed by atoms with Gasteiger partial charge >= 0.3 is 11.9 Å². The van der Waals surface area contributed by atoms with E-state index in [0.29, 0.717) is 42.6 Å². The Morgan fingerprint density at radius 2 is 1.51 bits per heavy atom. The lowest BCUT2D eigenvalue weighted by molar-refractivity contribution is -0.956. The van der Waals surface area contributed by atoms with Crippen LogP contribution in [0.4, 0.5) is 0 Å². The topological polar surface area (TPSA) is 152 Å². The number of esters is 2. The second-order valence-electron chi connectivity index (χ2n) is 12.2. The second-order valence-corrected chi connectivity index (χ2v) is 12.2. The number of hydrogen-bond donors (Lipinski definition) is 3. The summed E-state index contributed by atoms with van der Waals surface area (Å²) in [5.74, 6) is -1.15. The van der Waals surface area contributed by atoms with E-state index in [0.717, 1.165) is 12.8 Å². The lowest BCUT2D eigenvalue weighted by atomic mass is 9.85. The molecule has 2 unspecified atom stereocenters. The highest BCUT2D eigenvalue weighted by Crippen LogP contribution is 2.47. The third-order valence-electron chi connectivity index (χ3n) is 9.57. The van der Waals surface area contributed by atoms with Gasteiger partial charge in [-0.1, -0.05) is 60.7 Å². The van der Waals surface area contributed by atoms with Crippen LogP contribution in [0.2, 0.25) is 0 Å². The van der Waals surface area contributed by atoms with Gasteiger partial charge in [-0.2, -0.15) is 0 Å². The van der Waals surface area contributed by atoms with E-state index >= 15 is 0 Å². The molecule has 5 rings (SSSR count). The van der Waals surface area contributed by atoms with Crippen molar-refractivity contribution in [2.75, 3.05) is 19.6 Å². The molecule has 232 valence electrons. The number of benzene rings is 2. The highest BCUT2D eigenvalue weighted by Gasteiger charge is 2.57. The average molecular weight is 593 g/mol. The van der Waals surface area contributed by atoms with Gasteiger partial charge in [0.1, 0.15) is 12.1 Å². The lowest BCUT2D eigenvalue weighted by Gasteiger charge is -2.47. The fraction of sp³-hybridized carbons (Fsp3) is 0.545. The van der Waals surface area contributed by atoms with Crippen molar-refractivity contribution in [3.05, 3.63) is 71.8 Å². The molecule has 0 aromatic heterocycles. The summed E-state index contributed by atoms with van der Waals surface area (Å²) >= 11 is 0. The molecule has 10 heteroatoms. The number of rotatable bonds is 12. The van der Waals surface area contributed by atoms with Gasteiger partial charge in [-0.3, -0.25) is 9.79 Å². The Morgan fingerprint density at radius 1 is 0.953 bits per heavy atom. The fourth-order valence-corrected chi connectivity index (χ4v) is 7.63. The van der Waals surface area contributed by atoms with Crippen LogP contribution in [0.1, 0.15) is 69.4 Å². The Hall–Kier alpha value is -3.47. The first-order valence-corrected chi connectivity index (χ1v) is 15.6. The summed E-state index contributed by atoms with van der Waals surface area (Å²) in [6, 6.07) is 18.7. The summed E-state index contributed by atoms with van der Waals surface area (Å²) < 4.78 is 19.8. The zero-order chi connectivity index (χ0) is 30.5. The van der Waals surface area contributed by atoms with Gasteiger partial charge in [-0.25, -0.2) is 4.79 Å². The normalized spacial score (nSPS) is 23.8. The predicted octanol–water partition coefficient (Wildman–Crippen LogP) is 3.06. The Bertz CT molecular complexity index is 1210. The van der Waals surface area contributed by atoms with E-state index in [2.05, 4.69) is 4.99 Å². The Kier molecular flexibility index (Phi) is 9.68.